The van der Waals surface area contributed by atoms with Gasteiger partial charge in [0.05, 0.1) is 20.1 Å². The molecule has 0 fully saturated rings. The zero-order valence-corrected chi connectivity index (χ0v) is 14.4. The van der Waals surface area contributed by atoms with E-state index in [2.05, 4.69) is 5.10 Å². The number of aryl methyl sites for hydroxylation is 1. The third-order valence-corrected chi connectivity index (χ3v) is 4.48. The smallest absolute Gasteiger partial charge is 0.305 e. The standard InChI is InChI=1S/C18H21N3O4/c1-12(22)20-9-7-15-14(11-20)18(19-21(15)10-8-17(23)24)13-5-3-4-6-16(13)25-2/h3-6H,7-11H2,1-2H3,(H,23,24). The van der Waals surface area contributed by atoms with Gasteiger partial charge in [-0.3, -0.25) is 14.3 Å². The van der Waals surface area contributed by atoms with Gasteiger partial charge in [0.15, 0.2) is 0 Å². The van der Waals surface area contributed by atoms with Crippen LogP contribution in [0.15, 0.2) is 24.3 Å². The Labute approximate surface area is 145 Å². The van der Waals surface area contributed by atoms with E-state index in [1.165, 1.54) is 0 Å². The number of aromatic nitrogens is 2. The van der Waals surface area contributed by atoms with E-state index in [1.54, 1.807) is 23.6 Å². The van der Waals surface area contributed by atoms with E-state index in [9.17, 15) is 9.59 Å². The lowest BCUT2D eigenvalue weighted by molar-refractivity contribution is -0.137. The molecule has 1 amide bonds. The molecule has 0 unspecified atom stereocenters. The van der Waals surface area contributed by atoms with E-state index >= 15 is 0 Å². The number of aliphatic carboxylic acids is 1. The summed E-state index contributed by atoms with van der Waals surface area (Å²) in [6, 6.07) is 7.59. The molecule has 7 nitrogen and oxygen atoms in total. The number of benzene rings is 1. The number of ether oxygens (including phenoxy) is 1. The molecule has 0 saturated heterocycles. The van der Waals surface area contributed by atoms with Crippen molar-refractivity contribution in [3.8, 4) is 17.0 Å². The first-order valence-electron chi connectivity index (χ1n) is 8.20. The number of hydrogen-bond acceptors (Lipinski definition) is 4. The summed E-state index contributed by atoms with van der Waals surface area (Å²) in [5.41, 5.74) is 3.57. The Hall–Kier alpha value is -2.83. The van der Waals surface area contributed by atoms with Crippen LogP contribution in [0.3, 0.4) is 0 Å². The lowest BCUT2D eigenvalue weighted by atomic mass is 10.00. The third kappa shape index (κ3) is 3.35. The number of fused-ring (bicyclic) bond motifs is 1. The second kappa shape index (κ2) is 6.96. The molecular formula is C18H21N3O4. The van der Waals surface area contributed by atoms with Gasteiger partial charge in [-0.25, -0.2) is 0 Å². The molecule has 0 atom stereocenters. The van der Waals surface area contributed by atoms with Crippen LogP contribution in [-0.2, 0) is 29.1 Å². The zero-order chi connectivity index (χ0) is 18.0. The summed E-state index contributed by atoms with van der Waals surface area (Å²) in [4.78, 5) is 24.5. The first-order chi connectivity index (χ1) is 12.0. The fourth-order valence-corrected chi connectivity index (χ4v) is 3.20. The number of para-hydroxylation sites is 1. The molecule has 0 saturated carbocycles. The molecule has 1 N–H and O–H groups in total. The van der Waals surface area contributed by atoms with Crippen molar-refractivity contribution in [1.82, 2.24) is 14.7 Å². The van der Waals surface area contributed by atoms with E-state index in [0.717, 1.165) is 22.5 Å². The number of methoxy groups -OCH3 is 1. The first kappa shape index (κ1) is 17.0. The third-order valence-electron chi connectivity index (χ3n) is 4.48. The van der Waals surface area contributed by atoms with Crippen molar-refractivity contribution in [2.24, 2.45) is 0 Å². The predicted molar refractivity (Wildman–Crippen MR) is 91.3 cm³/mol. The van der Waals surface area contributed by atoms with Crippen molar-refractivity contribution in [3.63, 3.8) is 0 Å². The van der Waals surface area contributed by atoms with Crippen LogP contribution in [0.4, 0.5) is 0 Å². The Bertz CT molecular complexity index is 813. The Balaban J connectivity index is 2.08. The van der Waals surface area contributed by atoms with Gasteiger partial charge in [-0.2, -0.15) is 5.10 Å². The monoisotopic (exact) mass is 343 g/mol. The Morgan fingerprint density at radius 1 is 1.32 bits per heavy atom. The van der Waals surface area contributed by atoms with E-state index in [4.69, 9.17) is 9.84 Å². The Morgan fingerprint density at radius 3 is 2.76 bits per heavy atom. The van der Waals surface area contributed by atoms with Gasteiger partial charge in [-0.05, 0) is 12.1 Å². The first-order valence-corrected chi connectivity index (χ1v) is 8.20. The van der Waals surface area contributed by atoms with Crippen molar-refractivity contribution in [1.29, 1.82) is 0 Å². The van der Waals surface area contributed by atoms with Gasteiger partial charge >= 0.3 is 5.97 Å². The van der Waals surface area contributed by atoms with Gasteiger partial charge in [-0.1, -0.05) is 12.1 Å². The quantitative estimate of drug-likeness (QED) is 0.897. The maximum Gasteiger partial charge on any atom is 0.305 e. The minimum Gasteiger partial charge on any atom is -0.496 e. The van der Waals surface area contributed by atoms with Crippen LogP contribution in [0, 0.1) is 0 Å². The van der Waals surface area contributed by atoms with Crippen LogP contribution < -0.4 is 4.74 Å². The fraction of sp³-hybridized carbons (Fsp3) is 0.389. The molecule has 1 aliphatic rings. The number of carbonyl (C=O) groups excluding carboxylic acids is 1. The summed E-state index contributed by atoms with van der Waals surface area (Å²) in [6.45, 7) is 2.97. The van der Waals surface area contributed by atoms with Crippen molar-refractivity contribution >= 4 is 11.9 Å². The van der Waals surface area contributed by atoms with Crippen LogP contribution in [0.5, 0.6) is 5.75 Å². The maximum atomic E-state index is 11.8. The van der Waals surface area contributed by atoms with Crippen molar-refractivity contribution in [3.05, 3.63) is 35.5 Å². The number of carbonyl (C=O) groups is 2. The van der Waals surface area contributed by atoms with Crippen molar-refractivity contribution in [2.75, 3.05) is 13.7 Å². The Morgan fingerprint density at radius 2 is 2.08 bits per heavy atom. The van der Waals surface area contributed by atoms with Crippen LogP contribution in [0.2, 0.25) is 0 Å². The zero-order valence-electron chi connectivity index (χ0n) is 14.4. The van der Waals surface area contributed by atoms with Crippen LogP contribution >= 0.6 is 0 Å². The molecule has 1 aromatic carbocycles. The number of hydrogen-bond donors (Lipinski definition) is 1. The van der Waals surface area contributed by atoms with Crippen LogP contribution in [0.25, 0.3) is 11.3 Å². The minimum absolute atomic E-state index is 0.00983. The molecule has 1 aliphatic heterocycles. The lowest BCUT2D eigenvalue weighted by Gasteiger charge is -2.27. The minimum atomic E-state index is -0.857. The average Bonchev–Trinajstić information content (AvgIpc) is 2.97. The number of nitrogens with zero attached hydrogens (tertiary/aromatic N) is 3. The highest BCUT2D eigenvalue weighted by atomic mass is 16.5. The number of rotatable bonds is 5. The van der Waals surface area contributed by atoms with Gasteiger partial charge in [0.25, 0.3) is 0 Å². The van der Waals surface area contributed by atoms with Gasteiger partial charge in [0, 0.05) is 43.3 Å². The summed E-state index contributed by atoms with van der Waals surface area (Å²) in [7, 11) is 1.61. The molecule has 0 aliphatic carbocycles. The number of amides is 1. The largest absolute Gasteiger partial charge is 0.496 e. The summed E-state index contributed by atoms with van der Waals surface area (Å²) in [5.74, 6) is -0.132. The van der Waals surface area contributed by atoms with Crippen molar-refractivity contribution in [2.45, 2.75) is 32.9 Å². The van der Waals surface area contributed by atoms with E-state index in [-0.39, 0.29) is 12.3 Å². The molecule has 7 heteroatoms. The number of carboxylic acid groups (broad SMARTS) is 1. The van der Waals surface area contributed by atoms with E-state index < -0.39 is 5.97 Å². The van der Waals surface area contributed by atoms with Gasteiger partial charge in [0.2, 0.25) is 5.91 Å². The van der Waals surface area contributed by atoms with Crippen LogP contribution in [0.1, 0.15) is 24.6 Å². The molecule has 25 heavy (non-hydrogen) atoms. The summed E-state index contributed by atoms with van der Waals surface area (Å²) >= 11 is 0. The highest BCUT2D eigenvalue weighted by Gasteiger charge is 2.27. The molecule has 3 rings (SSSR count). The summed E-state index contributed by atoms with van der Waals surface area (Å²) in [6.07, 6.45) is 0.673. The van der Waals surface area contributed by atoms with Gasteiger partial charge in [0.1, 0.15) is 11.4 Å². The Kier molecular flexibility index (Phi) is 4.74. The highest BCUT2D eigenvalue weighted by Crippen LogP contribution is 2.35. The average molecular weight is 343 g/mol. The van der Waals surface area contributed by atoms with Gasteiger partial charge in [-0.15, -0.1) is 0 Å². The highest BCUT2D eigenvalue weighted by molar-refractivity contribution is 5.76. The second-order valence-corrected chi connectivity index (χ2v) is 6.03. The predicted octanol–water partition coefficient (Wildman–Crippen LogP) is 1.94. The number of carboxylic acids is 1. The second-order valence-electron chi connectivity index (χ2n) is 6.03. The maximum absolute atomic E-state index is 11.8. The lowest BCUT2D eigenvalue weighted by Crippen LogP contribution is -2.34. The fourth-order valence-electron chi connectivity index (χ4n) is 3.20. The molecule has 132 valence electrons. The molecule has 0 radical (unpaired) electrons. The van der Waals surface area contributed by atoms with E-state index in [0.29, 0.717) is 31.8 Å². The van der Waals surface area contributed by atoms with Crippen molar-refractivity contribution < 1.29 is 19.4 Å². The molecule has 1 aromatic heterocycles. The van der Waals surface area contributed by atoms with E-state index in [1.807, 2.05) is 24.3 Å². The topological polar surface area (TPSA) is 84.7 Å². The summed E-state index contributed by atoms with van der Waals surface area (Å²) < 4.78 is 7.22. The normalized spacial score (nSPS) is 13.4. The van der Waals surface area contributed by atoms with Gasteiger partial charge < -0.3 is 14.7 Å². The molecular weight excluding hydrogens is 322 g/mol. The van der Waals surface area contributed by atoms with Crippen LogP contribution in [-0.4, -0.2) is 45.3 Å². The molecule has 0 bridgehead atoms. The molecule has 0 spiro atoms. The SMILES string of the molecule is COc1ccccc1-c1nn(CCC(=O)O)c2c1CN(C(C)=O)CC2. The summed E-state index contributed by atoms with van der Waals surface area (Å²) in [5, 5.41) is 13.7. The molecule has 2 aromatic rings. The molecule has 2 heterocycles.